The molecule has 0 aromatic heterocycles. The highest BCUT2D eigenvalue weighted by atomic mass is 127. The Morgan fingerprint density at radius 1 is 0.885 bits per heavy atom. The SMILES string of the molecule is CCCCOCCOCCNC(=NC)NCCCNc1ccccc1.I. The molecule has 1 aromatic carbocycles. The summed E-state index contributed by atoms with van der Waals surface area (Å²) in [6.45, 7) is 7.47. The molecule has 0 atom stereocenters. The molecular formula is C19H35IN4O2. The number of benzene rings is 1. The van der Waals surface area contributed by atoms with Crippen LogP contribution in [0.25, 0.3) is 0 Å². The zero-order valence-electron chi connectivity index (χ0n) is 16.1. The van der Waals surface area contributed by atoms with E-state index in [9.17, 15) is 0 Å². The van der Waals surface area contributed by atoms with Crippen molar-refractivity contribution in [1.82, 2.24) is 10.6 Å². The van der Waals surface area contributed by atoms with Gasteiger partial charge in [0.25, 0.3) is 0 Å². The number of para-hydroxylation sites is 1. The van der Waals surface area contributed by atoms with Gasteiger partial charge in [-0.15, -0.1) is 24.0 Å². The Morgan fingerprint density at radius 3 is 2.27 bits per heavy atom. The van der Waals surface area contributed by atoms with Crippen LogP contribution in [0.5, 0.6) is 0 Å². The molecular weight excluding hydrogens is 443 g/mol. The predicted molar refractivity (Wildman–Crippen MR) is 121 cm³/mol. The first-order valence-corrected chi connectivity index (χ1v) is 9.25. The number of halogens is 1. The van der Waals surface area contributed by atoms with Crippen LogP contribution in [0.15, 0.2) is 35.3 Å². The summed E-state index contributed by atoms with van der Waals surface area (Å²) in [6.07, 6.45) is 3.30. The summed E-state index contributed by atoms with van der Waals surface area (Å²) in [7, 11) is 1.78. The molecule has 6 nitrogen and oxygen atoms in total. The van der Waals surface area contributed by atoms with Crippen LogP contribution >= 0.6 is 24.0 Å². The molecule has 0 spiro atoms. The minimum Gasteiger partial charge on any atom is -0.385 e. The fourth-order valence-corrected chi connectivity index (χ4v) is 2.11. The third kappa shape index (κ3) is 14.1. The van der Waals surface area contributed by atoms with Crippen LogP contribution in [-0.2, 0) is 9.47 Å². The summed E-state index contributed by atoms with van der Waals surface area (Å²) < 4.78 is 11.0. The van der Waals surface area contributed by atoms with Gasteiger partial charge in [0.2, 0.25) is 0 Å². The van der Waals surface area contributed by atoms with Gasteiger partial charge in [0.05, 0.1) is 19.8 Å². The van der Waals surface area contributed by atoms with E-state index >= 15 is 0 Å². The summed E-state index contributed by atoms with van der Waals surface area (Å²) >= 11 is 0. The van der Waals surface area contributed by atoms with Gasteiger partial charge in [-0.05, 0) is 25.0 Å². The first-order chi connectivity index (χ1) is 12.4. The first-order valence-electron chi connectivity index (χ1n) is 9.25. The van der Waals surface area contributed by atoms with Crippen LogP contribution in [-0.4, -0.2) is 59.1 Å². The highest BCUT2D eigenvalue weighted by Gasteiger charge is 1.97. The maximum atomic E-state index is 5.52. The zero-order valence-corrected chi connectivity index (χ0v) is 18.5. The van der Waals surface area contributed by atoms with E-state index in [-0.39, 0.29) is 24.0 Å². The lowest BCUT2D eigenvalue weighted by molar-refractivity contribution is 0.0487. The third-order valence-corrected chi connectivity index (χ3v) is 3.53. The van der Waals surface area contributed by atoms with Gasteiger partial charge in [-0.25, -0.2) is 0 Å². The quantitative estimate of drug-likeness (QED) is 0.166. The van der Waals surface area contributed by atoms with Crippen LogP contribution in [0.2, 0.25) is 0 Å². The molecule has 1 rings (SSSR count). The average molecular weight is 478 g/mol. The number of anilines is 1. The highest BCUT2D eigenvalue weighted by molar-refractivity contribution is 14.0. The van der Waals surface area contributed by atoms with Crippen LogP contribution in [0.1, 0.15) is 26.2 Å². The van der Waals surface area contributed by atoms with Gasteiger partial charge < -0.3 is 25.4 Å². The number of guanidine groups is 1. The molecule has 0 radical (unpaired) electrons. The van der Waals surface area contributed by atoms with E-state index < -0.39 is 0 Å². The number of hydrogen-bond donors (Lipinski definition) is 3. The number of unbranched alkanes of at least 4 members (excludes halogenated alkanes) is 1. The van der Waals surface area contributed by atoms with E-state index in [1.165, 1.54) is 6.42 Å². The molecule has 0 bridgehead atoms. The molecule has 26 heavy (non-hydrogen) atoms. The van der Waals surface area contributed by atoms with Crippen molar-refractivity contribution in [2.75, 3.05) is 58.4 Å². The molecule has 0 aliphatic rings. The van der Waals surface area contributed by atoms with Crippen LogP contribution in [0, 0.1) is 0 Å². The smallest absolute Gasteiger partial charge is 0.191 e. The number of rotatable bonds is 14. The molecule has 7 heteroatoms. The average Bonchev–Trinajstić information content (AvgIpc) is 2.65. The summed E-state index contributed by atoms with van der Waals surface area (Å²) in [5, 5.41) is 9.93. The molecule has 3 N–H and O–H groups in total. The number of ether oxygens (including phenoxy) is 2. The van der Waals surface area contributed by atoms with Gasteiger partial charge in [0, 0.05) is 39.0 Å². The van der Waals surface area contributed by atoms with E-state index in [1.807, 2.05) is 18.2 Å². The second-order valence-corrected chi connectivity index (χ2v) is 5.65. The third-order valence-electron chi connectivity index (χ3n) is 3.53. The highest BCUT2D eigenvalue weighted by Crippen LogP contribution is 2.03. The van der Waals surface area contributed by atoms with Gasteiger partial charge in [-0.2, -0.15) is 0 Å². The first kappa shape index (κ1) is 24.9. The largest absolute Gasteiger partial charge is 0.385 e. The standard InChI is InChI=1S/C19H34N4O2.HI/c1-3-4-14-24-16-17-25-15-13-23-19(20-2)22-12-8-11-21-18-9-6-5-7-10-18;/h5-7,9-10,21H,3-4,8,11-17H2,1-2H3,(H2,20,22,23);1H. The predicted octanol–water partition coefficient (Wildman–Crippen LogP) is 3.10. The molecule has 0 heterocycles. The normalized spacial score (nSPS) is 10.9. The second-order valence-electron chi connectivity index (χ2n) is 5.65. The molecule has 0 unspecified atom stereocenters. The van der Waals surface area contributed by atoms with Crippen molar-refractivity contribution < 1.29 is 9.47 Å². The van der Waals surface area contributed by atoms with Gasteiger partial charge in [0.15, 0.2) is 5.96 Å². The summed E-state index contributed by atoms with van der Waals surface area (Å²) in [6, 6.07) is 10.2. The van der Waals surface area contributed by atoms with Gasteiger partial charge in [0.1, 0.15) is 0 Å². The minimum atomic E-state index is 0. The second kappa shape index (κ2) is 18.7. The maximum absolute atomic E-state index is 5.52. The molecule has 0 fully saturated rings. The molecule has 0 aliphatic heterocycles. The van der Waals surface area contributed by atoms with Crippen molar-refractivity contribution >= 4 is 35.6 Å². The summed E-state index contributed by atoms with van der Waals surface area (Å²) in [5.74, 6) is 0.808. The number of nitrogens with zero attached hydrogens (tertiary/aromatic N) is 1. The van der Waals surface area contributed by atoms with Gasteiger partial charge in [-0.3, -0.25) is 4.99 Å². The Balaban J connectivity index is 0.00000625. The molecule has 0 aliphatic carbocycles. The Hall–Kier alpha value is -1.06. The van der Waals surface area contributed by atoms with E-state index in [1.54, 1.807) is 7.05 Å². The lowest BCUT2D eigenvalue weighted by Gasteiger charge is -2.12. The van der Waals surface area contributed by atoms with Crippen LogP contribution < -0.4 is 16.0 Å². The van der Waals surface area contributed by atoms with Crippen molar-refractivity contribution in [2.24, 2.45) is 4.99 Å². The summed E-state index contributed by atoms with van der Waals surface area (Å²) in [4.78, 5) is 4.21. The molecule has 150 valence electrons. The number of aliphatic imine (C=N–C) groups is 1. The number of nitrogens with one attached hydrogen (secondary N) is 3. The minimum absolute atomic E-state index is 0. The van der Waals surface area contributed by atoms with Crippen LogP contribution in [0.4, 0.5) is 5.69 Å². The van der Waals surface area contributed by atoms with E-state index in [4.69, 9.17) is 9.47 Å². The molecule has 1 aromatic rings. The number of hydrogen-bond acceptors (Lipinski definition) is 4. The van der Waals surface area contributed by atoms with E-state index in [0.717, 1.165) is 50.7 Å². The lowest BCUT2D eigenvalue weighted by Crippen LogP contribution is -2.39. The van der Waals surface area contributed by atoms with Gasteiger partial charge >= 0.3 is 0 Å². The fourth-order valence-electron chi connectivity index (χ4n) is 2.11. The van der Waals surface area contributed by atoms with Crippen molar-refractivity contribution in [3.05, 3.63) is 30.3 Å². The Morgan fingerprint density at radius 2 is 1.58 bits per heavy atom. The van der Waals surface area contributed by atoms with Crippen molar-refractivity contribution in [3.8, 4) is 0 Å². The molecule has 0 saturated heterocycles. The monoisotopic (exact) mass is 478 g/mol. The zero-order chi connectivity index (χ0) is 18.0. The van der Waals surface area contributed by atoms with E-state index in [0.29, 0.717) is 19.8 Å². The maximum Gasteiger partial charge on any atom is 0.191 e. The van der Waals surface area contributed by atoms with Crippen molar-refractivity contribution in [3.63, 3.8) is 0 Å². The molecule has 0 saturated carbocycles. The topological polar surface area (TPSA) is 66.9 Å². The summed E-state index contributed by atoms with van der Waals surface area (Å²) in [5.41, 5.74) is 1.15. The van der Waals surface area contributed by atoms with Crippen molar-refractivity contribution in [2.45, 2.75) is 26.2 Å². The fraction of sp³-hybridized carbons (Fsp3) is 0.632. The Labute approximate surface area is 175 Å². The van der Waals surface area contributed by atoms with E-state index in [2.05, 4.69) is 40.0 Å². The molecule has 0 amide bonds. The van der Waals surface area contributed by atoms with Gasteiger partial charge in [-0.1, -0.05) is 31.5 Å². The van der Waals surface area contributed by atoms with Crippen molar-refractivity contribution in [1.29, 1.82) is 0 Å². The lowest BCUT2D eigenvalue weighted by atomic mass is 10.3. The Kier molecular flexibility index (Phi) is 18.0. The Bertz CT molecular complexity index is 446. The van der Waals surface area contributed by atoms with Crippen LogP contribution in [0.3, 0.4) is 0 Å².